The Bertz CT molecular complexity index is 1440. The molecule has 164 valence electrons. The smallest absolute Gasteiger partial charge is 0.165 e. The summed E-state index contributed by atoms with van der Waals surface area (Å²) in [7, 11) is 0. The molecule has 0 radical (unpaired) electrons. The van der Waals surface area contributed by atoms with Crippen molar-refractivity contribution in [1.29, 1.82) is 0 Å². The molecule has 0 aliphatic carbocycles. The maximum absolute atomic E-state index is 6.30. The van der Waals surface area contributed by atoms with Gasteiger partial charge in [0.2, 0.25) is 0 Å². The van der Waals surface area contributed by atoms with Gasteiger partial charge in [-0.25, -0.2) is 4.98 Å². The van der Waals surface area contributed by atoms with Crippen molar-refractivity contribution in [3.8, 4) is 11.1 Å². The summed E-state index contributed by atoms with van der Waals surface area (Å²) in [6, 6.07) is 26.1. The maximum atomic E-state index is 6.30. The number of halogens is 2. The minimum atomic E-state index is 0.495. The van der Waals surface area contributed by atoms with E-state index in [0.29, 0.717) is 10.0 Å². The van der Waals surface area contributed by atoms with E-state index in [0.717, 1.165) is 51.7 Å². The summed E-state index contributed by atoms with van der Waals surface area (Å²) < 4.78 is 1.91. The number of anilines is 2. The van der Waals surface area contributed by atoms with Crippen molar-refractivity contribution in [2.24, 2.45) is 0 Å². The lowest BCUT2D eigenvalue weighted by Crippen LogP contribution is -2.09. The van der Waals surface area contributed by atoms with Gasteiger partial charge in [0, 0.05) is 28.9 Å². The number of aromatic nitrogens is 3. The van der Waals surface area contributed by atoms with Gasteiger partial charge in [-0.05, 0) is 43.2 Å². The monoisotopic (exact) mass is 472 g/mol. The average molecular weight is 473 g/mol. The summed E-state index contributed by atoms with van der Waals surface area (Å²) in [4.78, 5) is 5.02. The molecular formula is C27H22Cl2N4. The first kappa shape index (κ1) is 21.5. The molecule has 4 nitrogen and oxygen atoms in total. The summed E-state index contributed by atoms with van der Waals surface area (Å²) >= 11 is 12.4. The third-order valence-corrected chi connectivity index (χ3v) is 6.45. The van der Waals surface area contributed by atoms with Gasteiger partial charge in [0.1, 0.15) is 5.82 Å². The molecule has 0 amide bonds. The second kappa shape index (κ2) is 8.89. The SMILES string of the molecule is Cc1nc2c(-c3ccccc3)c(C)nn2c(Nc2ccc(Cl)c(Cl)c2)c1Cc1ccccc1. The minimum Gasteiger partial charge on any atom is -0.340 e. The Hall–Kier alpha value is -3.34. The largest absolute Gasteiger partial charge is 0.340 e. The molecule has 0 saturated carbocycles. The third kappa shape index (κ3) is 4.20. The van der Waals surface area contributed by atoms with Crippen LogP contribution >= 0.6 is 23.2 Å². The number of aryl methyl sites for hydroxylation is 2. The average Bonchev–Trinajstić information content (AvgIpc) is 3.15. The zero-order chi connectivity index (χ0) is 22.9. The predicted molar refractivity (Wildman–Crippen MR) is 137 cm³/mol. The summed E-state index contributed by atoms with van der Waals surface area (Å²) in [6.45, 7) is 4.07. The number of fused-ring (bicyclic) bond motifs is 1. The third-order valence-electron chi connectivity index (χ3n) is 5.71. The van der Waals surface area contributed by atoms with Gasteiger partial charge in [0.25, 0.3) is 0 Å². The van der Waals surface area contributed by atoms with Crippen LogP contribution in [0.1, 0.15) is 22.5 Å². The highest BCUT2D eigenvalue weighted by Gasteiger charge is 2.20. The van der Waals surface area contributed by atoms with Gasteiger partial charge < -0.3 is 5.32 Å². The molecule has 0 aliphatic rings. The van der Waals surface area contributed by atoms with E-state index >= 15 is 0 Å². The lowest BCUT2D eigenvalue weighted by Gasteiger charge is -2.17. The van der Waals surface area contributed by atoms with Gasteiger partial charge in [-0.1, -0.05) is 83.9 Å². The lowest BCUT2D eigenvalue weighted by atomic mass is 10.0. The second-order valence-electron chi connectivity index (χ2n) is 8.00. The summed E-state index contributed by atoms with van der Waals surface area (Å²) in [5.74, 6) is 0.866. The van der Waals surface area contributed by atoms with Crippen LogP contribution in [0.4, 0.5) is 11.5 Å². The van der Waals surface area contributed by atoms with Gasteiger partial charge in [-0.3, -0.25) is 0 Å². The topological polar surface area (TPSA) is 42.2 Å². The van der Waals surface area contributed by atoms with Gasteiger partial charge in [-0.2, -0.15) is 9.61 Å². The molecule has 0 fully saturated rings. The van der Waals surface area contributed by atoms with E-state index in [9.17, 15) is 0 Å². The van der Waals surface area contributed by atoms with Crippen LogP contribution in [-0.4, -0.2) is 14.6 Å². The molecular weight excluding hydrogens is 451 g/mol. The first-order chi connectivity index (χ1) is 16.0. The van der Waals surface area contributed by atoms with Crippen LogP contribution in [0.2, 0.25) is 10.0 Å². The van der Waals surface area contributed by atoms with Crippen LogP contribution in [-0.2, 0) is 6.42 Å². The normalized spacial score (nSPS) is 11.2. The molecule has 0 atom stereocenters. The minimum absolute atomic E-state index is 0.495. The summed E-state index contributed by atoms with van der Waals surface area (Å²) in [5.41, 5.74) is 7.91. The number of nitrogens with zero attached hydrogens (tertiary/aromatic N) is 3. The second-order valence-corrected chi connectivity index (χ2v) is 8.82. The van der Waals surface area contributed by atoms with E-state index in [1.807, 2.05) is 60.0 Å². The van der Waals surface area contributed by atoms with Gasteiger partial charge in [-0.15, -0.1) is 0 Å². The Kier molecular flexibility index (Phi) is 5.79. The maximum Gasteiger partial charge on any atom is 0.165 e. The zero-order valence-electron chi connectivity index (χ0n) is 18.3. The van der Waals surface area contributed by atoms with Crippen LogP contribution in [0, 0.1) is 13.8 Å². The predicted octanol–water partition coefficient (Wildman–Crippen LogP) is 7.65. The highest BCUT2D eigenvalue weighted by molar-refractivity contribution is 6.42. The molecule has 5 aromatic rings. The molecule has 0 aliphatic heterocycles. The van der Waals surface area contributed by atoms with Crippen molar-refractivity contribution in [2.45, 2.75) is 20.3 Å². The van der Waals surface area contributed by atoms with Crippen molar-refractivity contribution in [2.75, 3.05) is 5.32 Å². The van der Waals surface area contributed by atoms with E-state index in [1.54, 1.807) is 6.07 Å². The Morgan fingerprint density at radius 2 is 1.52 bits per heavy atom. The van der Waals surface area contributed by atoms with Crippen LogP contribution < -0.4 is 5.32 Å². The van der Waals surface area contributed by atoms with Crippen molar-refractivity contribution >= 4 is 40.4 Å². The van der Waals surface area contributed by atoms with Crippen molar-refractivity contribution in [3.63, 3.8) is 0 Å². The fraction of sp³-hybridized carbons (Fsp3) is 0.111. The van der Waals surface area contributed by atoms with E-state index in [4.69, 9.17) is 33.3 Å². The summed E-state index contributed by atoms with van der Waals surface area (Å²) in [6.07, 6.45) is 0.721. The van der Waals surface area contributed by atoms with E-state index in [-0.39, 0.29) is 0 Å². The molecule has 33 heavy (non-hydrogen) atoms. The van der Waals surface area contributed by atoms with Crippen molar-refractivity contribution in [3.05, 3.63) is 111 Å². The Morgan fingerprint density at radius 3 is 2.21 bits per heavy atom. The van der Waals surface area contributed by atoms with Crippen LogP contribution in [0.3, 0.4) is 0 Å². The number of hydrogen-bond acceptors (Lipinski definition) is 3. The molecule has 0 bridgehead atoms. The van der Waals surface area contributed by atoms with Crippen LogP contribution in [0.25, 0.3) is 16.8 Å². The standard InChI is InChI=1S/C27H22Cl2N4/c1-17-22(15-19-9-5-3-6-10-19)26(31-21-13-14-23(28)24(29)16-21)33-27(30-17)25(18(2)32-33)20-11-7-4-8-12-20/h3-14,16,31H,15H2,1-2H3. The molecule has 3 aromatic carbocycles. The van der Waals surface area contributed by atoms with Gasteiger partial charge >= 0.3 is 0 Å². The number of hydrogen-bond donors (Lipinski definition) is 1. The van der Waals surface area contributed by atoms with Crippen molar-refractivity contribution in [1.82, 2.24) is 14.6 Å². The van der Waals surface area contributed by atoms with E-state index in [1.165, 1.54) is 5.56 Å². The fourth-order valence-electron chi connectivity index (χ4n) is 4.09. The van der Waals surface area contributed by atoms with Crippen LogP contribution in [0.5, 0.6) is 0 Å². The van der Waals surface area contributed by atoms with Crippen molar-refractivity contribution < 1.29 is 0 Å². The Balaban J connectivity index is 1.73. The zero-order valence-corrected chi connectivity index (χ0v) is 19.8. The highest BCUT2D eigenvalue weighted by Crippen LogP contribution is 2.34. The first-order valence-corrected chi connectivity index (χ1v) is 11.5. The highest BCUT2D eigenvalue weighted by atomic mass is 35.5. The first-order valence-electron chi connectivity index (χ1n) is 10.7. The summed E-state index contributed by atoms with van der Waals surface area (Å²) in [5, 5.41) is 9.47. The molecule has 2 aromatic heterocycles. The number of nitrogens with one attached hydrogen (secondary N) is 1. The Morgan fingerprint density at radius 1 is 0.818 bits per heavy atom. The molecule has 5 rings (SSSR count). The molecule has 6 heteroatoms. The Labute approximate surface area is 202 Å². The number of benzene rings is 3. The number of rotatable bonds is 5. The van der Waals surface area contributed by atoms with Crippen LogP contribution in [0.15, 0.2) is 78.9 Å². The van der Waals surface area contributed by atoms with Gasteiger partial charge in [0.05, 0.1) is 15.7 Å². The fourth-order valence-corrected chi connectivity index (χ4v) is 4.39. The molecule has 0 unspecified atom stereocenters. The molecule has 1 N–H and O–H groups in total. The van der Waals surface area contributed by atoms with E-state index in [2.05, 4.69) is 36.5 Å². The molecule has 0 spiro atoms. The molecule has 2 heterocycles. The van der Waals surface area contributed by atoms with E-state index < -0.39 is 0 Å². The molecule has 0 saturated heterocycles. The quantitative estimate of drug-likeness (QED) is 0.285. The van der Waals surface area contributed by atoms with Gasteiger partial charge in [0.15, 0.2) is 5.65 Å². The lowest BCUT2D eigenvalue weighted by molar-refractivity contribution is 0.895.